The molecule has 0 fully saturated rings. The van der Waals surface area contributed by atoms with Crippen LogP contribution in [0.15, 0.2) is 36.4 Å². The van der Waals surface area contributed by atoms with Gasteiger partial charge in [-0.05, 0) is 53.8 Å². The molecule has 0 aliphatic carbocycles. The van der Waals surface area contributed by atoms with Gasteiger partial charge in [-0.25, -0.2) is 13.2 Å². The first-order chi connectivity index (χ1) is 15.3. The highest BCUT2D eigenvalue weighted by atomic mass is 35.5. The summed E-state index contributed by atoms with van der Waals surface area (Å²) in [5, 5.41) is -1.23. The van der Waals surface area contributed by atoms with Crippen molar-refractivity contribution in [3.63, 3.8) is 0 Å². The molecule has 0 radical (unpaired) electrons. The lowest BCUT2D eigenvalue weighted by Gasteiger charge is -2.21. The number of halogens is 9. The van der Waals surface area contributed by atoms with Crippen LogP contribution in [0, 0.1) is 29.3 Å². The quantitative estimate of drug-likeness (QED) is 0.260. The fourth-order valence-electron chi connectivity index (χ4n) is 3.16. The van der Waals surface area contributed by atoms with E-state index in [0.717, 1.165) is 30.2 Å². The Balaban J connectivity index is 1.99. The molecule has 0 saturated carbocycles. The van der Waals surface area contributed by atoms with Gasteiger partial charge in [0, 0.05) is 11.3 Å². The van der Waals surface area contributed by atoms with Crippen LogP contribution in [0.2, 0.25) is 5.02 Å². The number of rotatable bonds is 5. The van der Waals surface area contributed by atoms with Gasteiger partial charge < -0.3 is 4.74 Å². The normalized spacial score (nSPS) is 11.9. The highest BCUT2D eigenvalue weighted by molar-refractivity contribution is 6.31. The van der Waals surface area contributed by atoms with E-state index in [4.69, 9.17) is 11.6 Å². The van der Waals surface area contributed by atoms with E-state index in [1.807, 2.05) is 6.92 Å². The number of fused-ring (bicyclic) bond motifs is 1. The third-order valence-electron chi connectivity index (χ3n) is 4.51. The Kier molecular flexibility index (Phi) is 6.80. The van der Waals surface area contributed by atoms with E-state index in [2.05, 4.69) is 4.74 Å². The summed E-state index contributed by atoms with van der Waals surface area (Å²) in [6.07, 6.45) is -8.16. The van der Waals surface area contributed by atoms with Gasteiger partial charge in [-0.1, -0.05) is 30.9 Å². The molecule has 0 heterocycles. The van der Waals surface area contributed by atoms with Crippen LogP contribution in [-0.4, -0.2) is 6.18 Å². The van der Waals surface area contributed by atoms with Gasteiger partial charge in [0.15, 0.2) is 0 Å². The second kappa shape index (κ2) is 9.10. The molecule has 0 atom stereocenters. The molecule has 10 heteroatoms. The summed E-state index contributed by atoms with van der Waals surface area (Å²) >= 11 is 5.84. The molecule has 3 aromatic carbocycles. The predicted molar refractivity (Wildman–Crippen MR) is 107 cm³/mol. The molecule has 0 spiro atoms. The first-order valence-electron chi connectivity index (χ1n) is 9.39. The van der Waals surface area contributed by atoms with Crippen LogP contribution in [0.25, 0.3) is 10.8 Å². The average molecular weight is 493 g/mol. The van der Waals surface area contributed by atoms with E-state index < -0.39 is 51.6 Å². The summed E-state index contributed by atoms with van der Waals surface area (Å²) in [5.74, 6) is -2.56. The first-order valence-corrected chi connectivity index (χ1v) is 9.77. The Morgan fingerprint density at radius 2 is 1.64 bits per heavy atom. The fraction of sp³-hybridized carbons (Fsp3) is 0.217. The summed E-state index contributed by atoms with van der Waals surface area (Å²) < 4.78 is 114. The van der Waals surface area contributed by atoms with Gasteiger partial charge >= 0.3 is 12.3 Å². The molecule has 1 nitrogen and oxygen atoms in total. The third kappa shape index (κ3) is 5.50. The zero-order valence-corrected chi connectivity index (χ0v) is 17.4. The van der Waals surface area contributed by atoms with Crippen LogP contribution < -0.4 is 4.74 Å². The zero-order valence-electron chi connectivity index (χ0n) is 16.7. The summed E-state index contributed by atoms with van der Waals surface area (Å²) in [5.41, 5.74) is -1.92. The van der Waals surface area contributed by atoms with Crippen LogP contribution in [0.3, 0.4) is 0 Å². The molecule has 3 rings (SSSR count). The standard InChI is InChI=1S/C23H13ClF8O/c1-2-3-12-8-17(24)20(19(26)9-12)23(31,32)33-14-4-5-15-13(10-14)11-18(25)16(21(15)27)6-7-22(28,29)30/h4-5,8-11H,2-3H2,1H3. The maximum atomic E-state index is 14.7. The lowest BCUT2D eigenvalue weighted by molar-refractivity contribution is -0.187. The van der Waals surface area contributed by atoms with Crippen LogP contribution in [0.5, 0.6) is 5.75 Å². The van der Waals surface area contributed by atoms with Gasteiger partial charge in [-0.3, -0.25) is 0 Å². The van der Waals surface area contributed by atoms with E-state index >= 15 is 0 Å². The fourth-order valence-corrected chi connectivity index (χ4v) is 3.50. The van der Waals surface area contributed by atoms with E-state index in [9.17, 15) is 35.1 Å². The number of hydrogen-bond acceptors (Lipinski definition) is 1. The van der Waals surface area contributed by atoms with Gasteiger partial charge in [0.05, 0.1) is 10.6 Å². The maximum Gasteiger partial charge on any atom is 0.458 e. The molecule has 0 unspecified atom stereocenters. The highest BCUT2D eigenvalue weighted by Gasteiger charge is 2.40. The second-order valence-corrected chi connectivity index (χ2v) is 7.39. The van der Waals surface area contributed by atoms with Crippen molar-refractivity contribution in [3.8, 4) is 17.6 Å². The minimum Gasteiger partial charge on any atom is -0.429 e. The van der Waals surface area contributed by atoms with E-state index in [0.29, 0.717) is 24.5 Å². The minimum absolute atomic E-state index is 0.291. The van der Waals surface area contributed by atoms with E-state index in [1.54, 1.807) is 0 Å². The van der Waals surface area contributed by atoms with Crippen molar-refractivity contribution in [2.45, 2.75) is 32.1 Å². The van der Waals surface area contributed by atoms with Gasteiger partial charge in [-0.2, -0.15) is 22.0 Å². The topological polar surface area (TPSA) is 9.23 Å². The lowest BCUT2D eigenvalue weighted by atomic mass is 10.0. The van der Waals surface area contributed by atoms with Crippen molar-refractivity contribution in [1.82, 2.24) is 0 Å². The number of aryl methyl sites for hydroxylation is 1. The molecule has 0 saturated heterocycles. The SMILES string of the molecule is CCCc1cc(F)c(C(F)(F)Oc2ccc3c(F)c(C#CC(F)(F)F)c(F)cc3c2)c(Cl)c1. The molecule has 0 amide bonds. The number of hydrogen-bond donors (Lipinski definition) is 0. The summed E-state index contributed by atoms with van der Waals surface area (Å²) in [6.45, 7) is 1.81. The van der Waals surface area contributed by atoms with Crippen molar-refractivity contribution >= 4 is 22.4 Å². The summed E-state index contributed by atoms with van der Waals surface area (Å²) in [7, 11) is 0. The van der Waals surface area contributed by atoms with Gasteiger partial charge in [0.25, 0.3) is 0 Å². The summed E-state index contributed by atoms with van der Waals surface area (Å²) in [4.78, 5) is 0. The molecule has 33 heavy (non-hydrogen) atoms. The molecule has 0 aliphatic rings. The Hall–Kier alpha value is -2.99. The van der Waals surface area contributed by atoms with Crippen molar-refractivity contribution in [1.29, 1.82) is 0 Å². The Labute approximate surface area is 187 Å². The molecule has 3 aromatic rings. The van der Waals surface area contributed by atoms with Crippen molar-refractivity contribution in [2.24, 2.45) is 0 Å². The largest absolute Gasteiger partial charge is 0.458 e. The van der Waals surface area contributed by atoms with Crippen molar-refractivity contribution in [2.75, 3.05) is 0 Å². The third-order valence-corrected chi connectivity index (χ3v) is 4.81. The zero-order chi connectivity index (χ0) is 24.6. The number of alkyl halides is 5. The molecule has 0 aliphatic heterocycles. The number of benzene rings is 3. The molecule has 174 valence electrons. The van der Waals surface area contributed by atoms with Gasteiger partial charge in [0.2, 0.25) is 0 Å². The Bertz CT molecular complexity index is 1250. The molecule has 0 N–H and O–H groups in total. The first kappa shape index (κ1) is 24.6. The Morgan fingerprint density at radius 3 is 2.24 bits per heavy atom. The van der Waals surface area contributed by atoms with Crippen molar-refractivity contribution in [3.05, 3.63) is 75.6 Å². The van der Waals surface area contributed by atoms with E-state index in [-0.39, 0.29) is 10.8 Å². The number of ether oxygens (including phenoxy) is 1. The monoisotopic (exact) mass is 492 g/mol. The maximum absolute atomic E-state index is 14.7. The minimum atomic E-state index is -4.97. The molecular formula is C23H13ClF8O. The van der Waals surface area contributed by atoms with Crippen LogP contribution >= 0.6 is 11.6 Å². The van der Waals surface area contributed by atoms with Crippen LogP contribution in [0.1, 0.15) is 30.0 Å². The molecular weight excluding hydrogens is 480 g/mol. The second-order valence-electron chi connectivity index (χ2n) is 6.98. The van der Waals surface area contributed by atoms with Gasteiger partial charge in [-0.15, -0.1) is 0 Å². The average Bonchev–Trinajstić information content (AvgIpc) is 2.65. The molecule has 0 bridgehead atoms. The summed E-state index contributed by atoms with van der Waals surface area (Å²) in [6, 6.07) is 5.32. The lowest BCUT2D eigenvalue weighted by Crippen LogP contribution is -2.24. The highest BCUT2D eigenvalue weighted by Crippen LogP contribution is 2.39. The smallest absolute Gasteiger partial charge is 0.429 e. The molecule has 0 aromatic heterocycles. The Morgan fingerprint density at radius 1 is 0.939 bits per heavy atom. The van der Waals surface area contributed by atoms with Crippen LogP contribution in [0.4, 0.5) is 35.1 Å². The van der Waals surface area contributed by atoms with Crippen molar-refractivity contribution < 1.29 is 39.9 Å². The van der Waals surface area contributed by atoms with Crippen LogP contribution in [-0.2, 0) is 12.5 Å². The predicted octanol–water partition coefficient (Wildman–Crippen LogP) is 7.91. The van der Waals surface area contributed by atoms with E-state index in [1.165, 1.54) is 12.0 Å². The van der Waals surface area contributed by atoms with Gasteiger partial charge in [0.1, 0.15) is 28.8 Å².